The number of H-pyrrole nitrogens is 1. The number of hydrogen-bond acceptors (Lipinski definition) is 1. The van der Waals surface area contributed by atoms with Crippen molar-refractivity contribution in [3.8, 4) is 11.8 Å². The van der Waals surface area contributed by atoms with Gasteiger partial charge in [-0.15, -0.1) is 11.8 Å². The van der Waals surface area contributed by atoms with Gasteiger partial charge in [-0.25, -0.2) is 4.98 Å². The maximum Gasteiger partial charge on any atom is 0.0921 e. The van der Waals surface area contributed by atoms with Crippen LogP contribution in [-0.2, 0) is 6.42 Å². The van der Waals surface area contributed by atoms with Crippen molar-refractivity contribution in [2.75, 3.05) is 0 Å². The Morgan fingerprint density at radius 2 is 1.81 bits per heavy atom. The molecule has 9 N–H and O–H groups in total. The zero-order valence-electron chi connectivity index (χ0n) is 13.1. The second-order valence-corrected chi connectivity index (χ2v) is 4.47. The van der Waals surface area contributed by atoms with Crippen LogP contribution in [0.1, 0.15) is 45.7 Å². The molecule has 21 heavy (non-hydrogen) atoms. The van der Waals surface area contributed by atoms with Crippen molar-refractivity contribution in [3.05, 3.63) is 29.9 Å². The minimum Gasteiger partial charge on any atom is -0.412 e. The molecule has 1 aromatic rings. The Morgan fingerprint density at radius 1 is 1.19 bits per heavy atom. The van der Waals surface area contributed by atoms with Crippen LogP contribution in [0.2, 0.25) is 0 Å². The van der Waals surface area contributed by atoms with E-state index in [1.54, 1.807) is 11.9 Å². The van der Waals surface area contributed by atoms with Crippen LogP contribution < -0.4 is 0 Å². The molecule has 6 nitrogen and oxygen atoms in total. The van der Waals surface area contributed by atoms with Gasteiger partial charge < -0.3 is 26.9 Å². The lowest BCUT2D eigenvalue weighted by molar-refractivity contribution is 0.463. The summed E-state index contributed by atoms with van der Waals surface area (Å²) in [6, 6.07) is 0. The van der Waals surface area contributed by atoms with Gasteiger partial charge in [-0.2, -0.15) is 0 Å². The molecule has 1 aromatic heterocycles. The van der Waals surface area contributed by atoms with E-state index in [1.807, 2.05) is 20.0 Å². The fraction of sp³-hybridized carbons (Fsp3) is 0.533. The first-order chi connectivity index (χ1) is 8.26. The molecular weight excluding hydrogens is 272 g/mol. The average Bonchev–Trinajstić information content (AvgIpc) is 2.85. The first-order valence-electron chi connectivity index (χ1n) is 6.22. The van der Waals surface area contributed by atoms with Gasteiger partial charge in [0.05, 0.1) is 6.33 Å². The van der Waals surface area contributed by atoms with E-state index in [2.05, 4.69) is 34.8 Å². The Bertz CT molecular complexity index is 399. The van der Waals surface area contributed by atoms with Crippen LogP contribution in [0, 0.1) is 17.8 Å². The van der Waals surface area contributed by atoms with Crippen LogP contribution in [0.5, 0.6) is 0 Å². The molecule has 0 saturated heterocycles. The van der Waals surface area contributed by atoms with E-state index in [0.29, 0.717) is 0 Å². The highest BCUT2D eigenvalue weighted by Crippen LogP contribution is 2.25. The van der Waals surface area contributed by atoms with Gasteiger partial charge in [-0.05, 0) is 52.4 Å². The Kier molecular flexibility index (Phi) is 21.6. The highest BCUT2D eigenvalue weighted by Gasteiger charge is 2.13. The van der Waals surface area contributed by atoms with Crippen molar-refractivity contribution in [1.29, 1.82) is 0 Å². The fourth-order valence-electron chi connectivity index (χ4n) is 1.91. The summed E-state index contributed by atoms with van der Waals surface area (Å²) < 4.78 is 0. The Hall–Kier alpha value is -1.65. The van der Waals surface area contributed by atoms with E-state index in [0.717, 1.165) is 12.3 Å². The first kappa shape index (κ1) is 27.7. The maximum atomic E-state index is 4.03. The smallest absolute Gasteiger partial charge is 0.0921 e. The van der Waals surface area contributed by atoms with Crippen molar-refractivity contribution in [3.63, 3.8) is 0 Å². The molecule has 124 valence electrons. The van der Waals surface area contributed by atoms with Crippen LogP contribution in [0.4, 0.5) is 0 Å². The van der Waals surface area contributed by atoms with E-state index in [9.17, 15) is 0 Å². The van der Waals surface area contributed by atoms with E-state index in [-0.39, 0.29) is 21.9 Å². The normalized spacial score (nSPS) is 14.8. The van der Waals surface area contributed by atoms with Gasteiger partial charge in [-0.3, -0.25) is 0 Å². The highest BCUT2D eigenvalue weighted by atomic mass is 16.0. The molecule has 1 aliphatic rings. The van der Waals surface area contributed by atoms with Crippen LogP contribution in [-0.4, -0.2) is 31.9 Å². The predicted molar refractivity (Wildman–Crippen MR) is 87.0 cm³/mol. The van der Waals surface area contributed by atoms with Gasteiger partial charge in [0.1, 0.15) is 0 Å². The molecule has 0 bridgehead atoms. The van der Waals surface area contributed by atoms with Crippen molar-refractivity contribution in [2.24, 2.45) is 5.92 Å². The van der Waals surface area contributed by atoms with E-state index < -0.39 is 0 Å². The molecule has 1 heterocycles. The number of allylic oxidation sites excluding steroid dienone is 2. The molecule has 0 saturated carbocycles. The maximum absolute atomic E-state index is 4.03. The van der Waals surface area contributed by atoms with Crippen molar-refractivity contribution in [2.45, 2.75) is 46.5 Å². The van der Waals surface area contributed by atoms with E-state index in [4.69, 9.17) is 0 Å². The van der Waals surface area contributed by atoms with Crippen molar-refractivity contribution in [1.82, 2.24) is 9.97 Å². The standard InChI is InChI=1S/C11H16N2.C4H6.4H2O/c1-9-2-4-10(5-3-9)6-11-7-12-8-13-11;1-3-4-2;;;;/h2,7-8,10H,3-6H2,1H3,(H,12,13);1-2H3;4*1H2. The van der Waals surface area contributed by atoms with E-state index >= 15 is 0 Å². The van der Waals surface area contributed by atoms with Gasteiger partial charge in [0.25, 0.3) is 0 Å². The Morgan fingerprint density at radius 3 is 2.19 bits per heavy atom. The fourth-order valence-corrected chi connectivity index (χ4v) is 1.91. The molecular formula is C15H30N2O4. The summed E-state index contributed by atoms with van der Waals surface area (Å²) in [6.07, 6.45) is 11.1. The third-order valence-electron chi connectivity index (χ3n) is 3.06. The summed E-state index contributed by atoms with van der Waals surface area (Å²) in [5, 5.41) is 0. The Labute approximate surface area is 126 Å². The molecule has 0 amide bonds. The van der Waals surface area contributed by atoms with Crippen LogP contribution in [0.25, 0.3) is 0 Å². The summed E-state index contributed by atoms with van der Waals surface area (Å²) >= 11 is 0. The van der Waals surface area contributed by atoms with Gasteiger partial charge in [0, 0.05) is 11.9 Å². The topological polar surface area (TPSA) is 155 Å². The number of nitrogens with zero attached hydrogens (tertiary/aromatic N) is 1. The lowest BCUT2D eigenvalue weighted by Crippen LogP contribution is -2.08. The zero-order chi connectivity index (χ0) is 12.5. The van der Waals surface area contributed by atoms with E-state index in [1.165, 1.54) is 25.0 Å². The molecule has 0 fully saturated rings. The average molecular weight is 302 g/mol. The molecule has 1 unspecified atom stereocenters. The zero-order valence-corrected chi connectivity index (χ0v) is 13.1. The number of imidazole rings is 1. The predicted octanol–water partition coefficient (Wildman–Crippen LogP) is 0.429. The molecule has 1 atom stereocenters. The summed E-state index contributed by atoms with van der Waals surface area (Å²) in [5.74, 6) is 6.18. The molecule has 0 aromatic carbocycles. The molecule has 0 spiro atoms. The van der Waals surface area contributed by atoms with Gasteiger partial charge >= 0.3 is 0 Å². The number of hydrogen-bond donors (Lipinski definition) is 1. The van der Waals surface area contributed by atoms with Gasteiger partial charge in [0.15, 0.2) is 0 Å². The Balaban J connectivity index is -0.000000164. The number of aromatic amines is 1. The van der Waals surface area contributed by atoms with Crippen LogP contribution >= 0.6 is 0 Å². The van der Waals surface area contributed by atoms with Crippen LogP contribution in [0.3, 0.4) is 0 Å². The second kappa shape index (κ2) is 16.4. The SMILES string of the molecule is CC#CC.CC1=CCC(Cc2cnc[nH]2)CC1.O.O.O.O. The largest absolute Gasteiger partial charge is 0.412 e. The van der Waals surface area contributed by atoms with Gasteiger partial charge in [0.2, 0.25) is 0 Å². The highest BCUT2D eigenvalue weighted by molar-refractivity contribution is 5.05. The van der Waals surface area contributed by atoms with Gasteiger partial charge in [-0.1, -0.05) is 11.6 Å². The molecule has 6 heteroatoms. The molecule has 0 radical (unpaired) electrons. The second-order valence-electron chi connectivity index (χ2n) is 4.47. The number of aromatic nitrogens is 2. The lowest BCUT2D eigenvalue weighted by Gasteiger charge is -2.19. The van der Waals surface area contributed by atoms with Crippen molar-refractivity contribution >= 4 is 0 Å². The summed E-state index contributed by atoms with van der Waals surface area (Å²) in [7, 11) is 0. The molecule has 1 aliphatic carbocycles. The minimum absolute atomic E-state index is 0. The summed E-state index contributed by atoms with van der Waals surface area (Å²) in [5.41, 5.74) is 2.83. The molecule has 2 rings (SSSR count). The third kappa shape index (κ3) is 11.8. The number of rotatable bonds is 2. The third-order valence-corrected chi connectivity index (χ3v) is 3.06. The first-order valence-corrected chi connectivity index (χ1v) is 6.22. The summed E-state index contributed by atoms with van der Waals surface area (Å²) in [4.78, 5) is 7.20. The summed E-state index contributed by atoms with van der Waals surface area (Å²) in [6.45, 7) is 5.87. The minimum atomic E-state index is 0. The van der Waals surface area contributed by atoms with Crippen LogP contribution in [0.15, 0.2) is 24.2 Å². The quantitative estimate of drug-likeness (QED) is 0.610. The van der Waals surface area contributed by atoms with Crippen molar-refractivity contribution < 1.29 is 21.9 Å². The lowest BCUT2D eigenvalue weighted by atomic mass is 9.87. The molecule has 0 aliphatic heterocycles. The monoisotopic (exact) mass is 302 g/mol. The number of nitrogens with one attached hydrogen (secondary N) is 1.